The van der Waals surface area contributed by atoms with Gasteiger partial charge in [0.15, 0.2) is 5.96 Å². The van der Waals surface area contributed by atoms with Crippen molar-refractivity contribution in [2.24, 2.45) is 16.8 Å². The molecule has 0 aromatic carbocycles. The highest BCUT2D eigenvalue weighted by atomic mass is 32.2. The zero-order valence-corrected chi connectivity index (χ0v) is 16.8. The molecule has 0 aromatic heterocycles. The van der Waals surface area contributed by atoms with E-state index in [1.165, 1.54) is 51.2 Å². The molecule has 1 aliphatic carbocycles. The smallest absolute Gasteiger partial charge is 0.191 e. The molecular weight excluding hydrogens is 322 g/mol. The summed E-state index contributed by atoms with van der Waals surface area (Å²) in [5, 5.41) is 6.70. The quantitative estimate of drug-likeness (QED) is 0.490. The van der Waals surface area contributed by atoms with Gasteiger partial charge in [-0.25, -0.2) is 8.42 Å². The number of nitrogens with zero attached hydrogens (tertiary/aromatic N) is 1. The van der Waals surface area contributed by atoms with Gasteiger partial charge in [0, 0.05) is 25.9 Å². The second-order valence-corrected chi connectivity index (χ2v) is 9.71. The highest BCUT2D eigenvalue weighted by Crippen LogP contribution is 2.31. The van der Waals surface area contributed by atoms with E-state index in [0.717, 1.165) is 24.3 Å². The molecule has 5 nitrogen and oxygen atoms in total. The van der Waals surface area contributed by atoms with E-state index in [1.807, 2.05) is 6.92 Å². The number of guanidine groups is 1. The molecule has 1 rings (SSSR count). The van der Waals surface area contributed by atoms with Gasteiger partial charge in [0.05, 0.1) is 5.75 Å². The molecule has 6 heteroatoms. The van der Waals surface area contributed by atoms with Gasteiger partial charge in [-0.2, -0.15) is 0 Å². The van der Waals surface area contributed by atoms with Crippen LogP contribution in [0.5, 0.6) is 0 Å². The Hall–Kier alpha value is -0.780. The molecule has 0 aromatic rings. The fourth-order valence-corrected chi connectivity index (χ4v) is 4.13. The summed E-state index contributed by atoms with van der Waals surface area (Å²) in [6.45, 7) is 5.22. The molecule has 2 N–H and O–H groups in total. The molecule has 1 aliphatic rings. The molecule has 0 spiro atoms. The van der Waals surface area contributed by atoms with Crippen LogP contribution in [0.4, 0.5) is 0 Å². The summed E-state index contributed by atoms with van der Waals surface area (Å²) in [5.41, 5.74) is 0. The molecule has 0 amide bonds. The minimum Gasteiger partial charge on any atom is -0.356 e. The van der Waals surface area contributed by atoms with Crippen LogP contribution >= 0.6 is 0 Å². The summed E-state index contributed by atoms with van der Waals surface area (Å²) in [6.07, 6.45) is 11.3. The van der Waals surface area contributed by atoms with Gasteiger partial charge in [-0.05, 0) is 38.0 Å². The molecule has 0 bridgehead atoms. The minimum atomic E-state index is -2.90. The summed E-state index contributed by atoms with van der Waals surface area (Å²) in [4.78, 5) is 4.26. The summed E-state index contributed by atoms with van der Waals surface area (Å²) in [5.74, 6) is 2.66. The molecule has 0 saturated heterocycles. The molecule has 0 aliphatic heterocycles. The highest BCUT2D eigenvalue weighted by Gasteiger charge is 2.21. The third-order valence-corrected chi connectivity index (χ3v) is 6.00. The number of nitrogens with one attached hydrogen (secondary N) is 2. The van der Waals surface area contributed by atoms with Crippen molar-refractivity contribution in [1.29, 1.82) is 0 Å². The van der Waals surface area contributed by atoms with Crippen LogP contribution in [-0.2, 0) is 9.84 Å². The van der Waals surface area contributed by atoms with E-state index in [-0.39, 0.29) is 11.8 Å². The lowest BCUT2D eigenvalue weighted by molar-refractivity contribution is 0.259. The number of hydrogen-bond acceptors (Lipinski definition) is 3. The average molecular weight is 360 g/mol. The number of rotatable bonds is 9. The fourth-order valence-electron chi connectivity index (χ4n) is 3.35. The van der Waals surface area contributed by atoms with E-state index in [0.29, 0.717) is 6.42 Å². The van der Waals surface area contributed by atoms with Crippen LogP contribution in [0.3, 0.4) is 0 Å². The van der Waals surface area contributed by atoms with Crippen LogP contribution in [0.2, 0.25) is 0 Å². The Balaban J connectivity index is 2.25. The van der Waals surface area contributed by atoms with Gasteiger partial charge in [-0.3, -0.25) is 4.99 Å². The largest absolute Gasteiger partial charge is 0.356 e. The third kappa shape index (κ3) is 9.50. The Morgan fingerprint density at radius 3 is 2.38 bits per heavy atom. The topological polar surface area (TPSA) is 70.6 Å². The van der Waals surface area contributed by atoms with Crippen molar-refractivity contribution < 1.29 is 8.42 Å². The van der Waals surface area contributed by atoms with Gasteiger partial charge in [0.1, 0.15) is 9.84 Å². The van der Waals surface area contributed by atoms with Gasteiger partial charge in [-0.1, -0.05) is 39.0 Å². The van der Waals surface area contributed by atoms with E-state index >= 15 is 0 Å². The van der Waals surface area contributed by atoms with E-state index in [9.17, 15) is 8.42 Å². The maximum absolute atomic E-state index is 11.2. The predicted molar refractivity (Wildman–Crippen MR) is 103 cm³/mol. The normalized spacial score (nSPS) is 23.8. The van der Waals surface area contributed by atoms with Crippen molar-refractivity contribution in [2.75, 3.05) is 25.6 Å². The average Bonchev–Trinajstić information content (AvgIpc) is 2.55. The molecule has 0 radical (unpaired) electrons. The van der Waals surface area contributed by atoms with E-state index in [1.54, 1.807) is 7.05 Å². The molecular formula is C18H37N3O2S. The van der Waals surface area contributed by atoms with Gasteiger partial charge in [0.2, 0.25) is 0 Å². The minimum absolute atomic E-state index is 0.0932. The molecule has 1 unspecified atom stereocenters. The SMILES string of the molecule is CCCCC1CCC(CNC(=NC)NC(C)CCS(C)(=O)=O)CC1. The van der Waals surface area contributed by atoms with Crippen LogP contribution in [0.15, 0.2) is 4.99 Å². The van der Waals surface area contributed by atoms with Gasteiger partial charge >= 0.3 is 0 Å². The third-order valence-electron chi connectivity index (χ3n) is 5.02. The second kappa shape index (κ2) is 11.0. The van der Waals surface area contributed by atoms with Crippen LogP contribution in [0.1, 0.15) is 65.2 Å². The first-order chi connectivity index (χ1) is 11.3. The summed E-state index contributed by atoms with van der Waals surface area (Å²) in [7, 11) is -1.14. The molecule has 1 fully saturated rings. The first kappa shape index (κ1) is 21.3. The number of hydrogen-bond donors (Lipinski definition) is 2. The summed E-state index contributed by atoms with van der Waals surface area (Å²) in [6, 6.07) is 0.0932. The maximum atomic E-state index is 11.2. The van der Waals surface area contributed by atoms with Crippen molar-refractivity contribution in [2.45, 2.75) is 71.3 Å². The molecule has 1 atom stereocenters. The van der Waals surface area contributed by atoms with Crippen LogP contribution < -0.4 is 10.6 Å². The number of aliphatic imine (C=N–C) groups is 1. The van der Waals surface area contributed by atoms with Crippen LogP contribution in [0, 0.1) is 11.8 Å². The van der Waals surface area contributed by atoms with Crippen molar-refractivity contribution >= 4 is 15.8 Å². The maximum Gasteiger partial charge on any atom is 0.191 e. The Morgan fingerprint density at radius 1 is 1.21 bits per heavy atom. The van der Waals surface area contributed by atoms with Crippen molar-refractivity contribution in [1.82, 2.24) is 10.6 Å². The first-order valence-corrected chi connectivity index (χ1v) is 11.5. The van der Waals surface area contributed by atoms with Crippen LogP contribution in [0.25, 0.3) is 0 Å². The Labute approximate surface area is 149 Å². The lowest BCUT2D eigenvalue weighted by Gasteiger charge is -2.29. The van der Waals surface area contributed by atoms with E-state index in [2.05, 4.69) is 22.5 Å². The van der Waals surface area contributed by atoms with E-state index in [4.69, 9.17) is 0 Å². The van der Waals surface area contributed by atoms with Crippen molar-refractivity contribution in [3.8, 4) is 0 Å². The van der Waals surface area contributed by atoms with Gasteiger partial charge in [0.25, 0.3) is 0 Å². The zero-order chi connectivity index (χ0) is 18.0. The second-order valence-electron chi connectivity index (χ2n) is 7.45. The predicted octanol–water partition coefficient (Wildman–Crippen LogP) is 2.97. The van der Waals surface area contributed by atoms with E-state index < -0.39 is 9.84 Å². The first-order valence-electron chi connectivity index (χ1n) is 9.49. The van der Waals surface area contributed by atoms with Gasteiger partial charge in [-0.15, -0.1) is 0 Å². The van der Waals surface area contributed by atoms with Crippen LogP contribution in [-0.4, -0.2) is 46.0 Å². The number of unbranched alkanes of at least 4 members (excludes halogenated alkanes) is 1. The van der Waals surface area contributed by atoms with Crippen molar-refractivity contribution in [3.63, 3.8) is 0 Å². The lowest BCUT2D eigenvalue weighted by atomic mass is 9.80. The highest BCUT2D eigenvalue weighted by molar-refractivity contribution is 7.90. The lowest BCUT2D eigenvalue weighted by Crippen LogP contribution is -2.44. The standard InChI is InChI=1S/C18H37N3O2S/c1-5-6-7-16-8-10-17(11-9-16)14-20-18(19-3)21-15(2)12-13-24(4,22)23/h15-17H,5-14H2,1-4H3,(H2,19,20,21). The van der Waals surface area contributed by atoms with Crippen molar-refractivity contribution in [3.05, 3.63) is 0 Å². The Kier molecular flexibility index (Phi) is 9.71. The summed E-state index contributed by atoms with van der Waals surface area (Å²) >= 11 is 0. The molecule has 142 valence electrons. The molecule has 0 heterocycles. The number of sulfone groups is 1. The molecule has 1 saturated carbocycles. The Morgan fingerprint density at radius 2 is 1.83 bits per heavy atom. The summed E-state index contributed by atoms with van der Waals surface area (Å²) < 4.78 is 22.5. The fraction of sp³-hybridized carbons (Fsp3) is 0.944. The molecule has 24 heavy (non-hydrogen) atoms. The van der Waals surface area contributed by atoms with Gasteiger partial charge < -0.3 is 10.6 Å². The zero-order valence-electron chi connectivity index (χ0n) is 16.0. The Bertz CT molecular complexity index is 469. The monoisotopic (exact) mass is 359 g/mol.